The van der Waals surface area contributed by atoms with Crippen LogP contribution in [0.5, 0.6) is 0 Å². The second-order valence-corrected chi connectivity index (χ2v) is 9.17. The Kier molecular flexibility index (Phi) is 12.0. The molecule has 0 N–H and O–H groups in total. The summed E-state index contributed by atoms with van der Waals surface area (Å²) in [5.74, 6) is -0.0235. The molecule has 0 bridgehead atoms. The molecule has 0 aromatic rings. The minimum absolute atomic E-state index is 0.0117. The van der Waals surface area contributed by atoms with E-state index < -0.39 is 0 Å². The van der Waals surface area contributed by atoms with E-state index in [0.717, 1.165) is 0 Å². The van der Waals surface area contributed by atoms with Crippen LogP contribution in [0, 0.1) is 11.8 Å². The number of hydrogen-bond donors (Lipinski definition) is 0. The lowest BCUT2D eigenvalue weighted by Gasteiger charge is -2.34. The molecule has 0 aliphatic rings. The Bertz CT molecular complexity index is 397. The van der Waals surface area contributed by atoms with Gasteiger partial charge in [0.2, 0.25) is 0 Å². The molecule has 0 rings (SSSR count). The van der Waals surface area contributed by atoms with Crippen LogP contribution in [0.15, 0.2) is 12.2 Å². The molecule has 0 radical (unpaired) electrons. The van der Waals surface area contributed by atoms with Crippen LogP contribution in [-0.4, -0.2) is 64.4 Å². The zero-order valence-corrected chi connectivity index (χ0v) is 20.1. The van der Waals surface area contributed by atoms with Crippen LogP contribution >= 0.6 is 0 Å². The minimum atomic E-state index is -0.385. The third-order valence-electron chi connectivity index (χ3n) is 4.33. The molecule has 0 aliphatic carbocycles. The first kappa shape index (κ1) is 27.5. The maximum atomic E-state index is 6.02. The van der Waals surface area contributed by atoms with Crippen LogP contribution in [-0.2, 0) is 28.4 Å². The van der Waals surface area contributed by atoms with E-state index in [1.54, 1.807) is 28.4 Å². The first-order chi connectivity index (χ1) is 12.8. The maximum Gasteiger partial charge on any atom is 0.163 e. The van der Waals surface area contributed by atoms with Crippen LogP contribution in [0.2, 0.25) is 0 Å². The fourth-order valence-corrected chi connectivity index (χ4v) is 2.90. The molecular formula is C22H44O6. The van der Waals surface area contributed by atoms with Crippen molar-refractivity contribution >= 4 is 0 Å². The van der Waals surface area contributed by atoms with E-state index in [9.17, 15) is 0 Å². The van der Waals surface area contributed by atoms with Crippen molar-refractivity contribution < 1.29 is 28.4 Å². The van der Waals surface area contributed by atoms with Gasteiger partial charge in [-0.3, -0.25) is 0 Å². The molecule has 0 spiro atoms. The van der Waals surface area contributed by atoms with E-state index in [-0.39, 0.29) is 47.8 Å². The van der Waals surface area contributed by atoms with Crippen LogP contribution < -0.4 is 0 Å². The molecule has 0 fully saturated rings. The van der Waals surface area contributed by atoms with Crippen molar-refractivity contribution in [2.24, 2.45) is 11.8 Å². The van der Waals surface area contributed by atoms with Crippen LogP contribution in [0.4, 0.5) is 0 Å². The minimum Gasteiger partial charge on any atom is -0.377 e. The van der Waals surface area contributed by atoms with Crippen molar-refractivity contribution in [3.8, 4) is 0 Å². The Balaban J connectivity index is 5.26. The quantitative estimate of drug-likeness (QED) is 0.354. The van der Waals surface area contributed by atoms with Gasteiger partial charge in [0.25, 0.3) is 0 Å². The van der Waals surface area contributed by atoms with Gasteiger partial charge < -0.3 is 28.4 Å². The second kappa shape index (κ2) is 12.3. The van der Waals surface area contributed by atoms with Crippen molar-refractivity contribution in [1.29, 1.82) is 0 Å². The van der Waals surface area contributed by atoms with Gasteiger partial charge in [0.05, 0.1) is 23.4 Å². The molecule has 0 aromatic heterocycles. The smallest absolute Gasteiger partial charge is 0.163 e. The molecule has 6 unspecified atom stereocenters. The predicted octanol–water partition coefficient (Wildman–Crippen LogP) is 4.42. The molecule has 28 heavy (non-hydrogen) atoms. The molecule has 6 nitrogen and oxygen atoms in total. The highest BCUT2D eigenvalue weighted by Gasteiger charge is 2.31. The molecule has 0 saturated carbocycles. The van der Waals surface area contributed by atoms with Gasteiger partial charge in [0, 0.05) is 40.3 Å². The SMILES string of the molecule is COC(C=CC(OC)C(C)C(OC)OC(C)(C)C)C(C)C(OC)OC(C)(C)C. The highest BCUT2D eigenvalue weighted by Crippen LogP contribution is 2.25. The fourth-order valence-electron chi connectivity index (χ4n) is 2.90. The predicted molar refractivity (Wildman–Crippen MR) is 112 cm³/mol. The average Bonchev–Trinajstić information content (AvgIpc) is 2.58. The van der Waals surface area contributed by atoms with E-state index >= 15 is 0 Å². The normalized spacial score (nSPS) is 20.0. The van der Waals surface area contributed by atoms with E-state index in [1.807, 2.05) is 67.5 Å². The fraction of sp³-hybridized carbons (Fsp3) is 0.909. The van der Waals surface area contributed by atoms with Crippen LogP contribution in [0.3, 0.4) is 0 Å². The molecule has 0 heterocycles. The van der Waals surface area contributed by atoms with Crippen LogP contribution in [0.25, 0.3) is 0 Å². The first-order valence-electron chi connectivity index (χ1n) is 9.94. The zero-order valence-electron chi connectivity index (χ0n) is 20.1. The summed E-state index contributed by atoms with van der Waals surface area (Å²) in [7, 11) is 6.66. The van der Waals surface area contributed by atoms with Gasteiger partial charge in [-0.1, -0.05) is 26.0 Å². The van der Waals surface area contributed by atoms with Gasteiger partial charge in [-0.15, -0.1) is 0 Å². The Labute approximate surface area is 172 Å². The molecule has 168 valence electrons. The number of rotatable bonds is 12. The Morgan fingerprint density at radius 2 is 0.821 bits per heavy atom. The highest BCUT2D eigenvalue weighted by atomic mass is 16.7. The van der Waals surface area contributed by atoms with Crippen molar-refractivity contribution in [3.63, 3.8) is 0 Å². The lowest BCUT2D eigenvalue weighted by Crippen LogP contribution is -2.39. The Morgan fingerprint density at radius 3 is 1.00 bits per heavy atom. The summed E-state index contributed by atoms with van der Waals surface area (Å²) in [4.78, 5) is 0. The van der Waals surface area contributed by atoms with E-state index in [2.05, 4.69) is 0 Å². The number of ether oxygens (including phenoxy) is 6. The summed E-state index contributed by atoms with van der Waals surface area (Å²) >= 11 is 0. The monoisotopic (exact) mass is 404 g/mol. The summed E-state index contributed by atoms with van der Waals surface area (Å²) in [5.41, 5.74) is -0.618. The lowest BCUT2D eigenvalue weighted by molar-refractivity contribution is -0.218. The molecule has 0 aromatic carbocycles. The summed E-state index contributed by atoms with van der Waals surface area (Å²) in [6.07, 6.45) is 2.84. The number of methoxy groups -OCH3 is 4. The Hall–Kier alpha value is -0.500. The third kappa shape index (κ3) is 10.3. The molecular weight excluding hydrogens is 360 g/mol. The topological polar surface area (TPSA) is 55.4 Å². The third-order valence-corrected chi connectivity index (χ3v) is 4.33. The summed E-state index contributed by atoms with van der Waals surface area (Å²) < 4.78 is 34.5. The van der Waals surface area contributed by atoms with E-state index in [4.69, 9.17) is 28.4 Å². The summed E-state index contributed by atoms with van der Waals surface area (Å²) in [6.45, 7) is 16.1. The van der Waals surface area contributed by atoms with Crippen molar-refractivity contribution in [2.45, 2.75) is 91.4 Å². The van der Waals surface area contributed by atoms with Crippen LogP contribution in [0.1, 0.15) is 55.4 Å². The zero-order chi connectivity index (χ0) is 22.1. The van der Waals surface area contributed by atoms with Gasteiger partial charge in [-0.05, 0) is 41.5 Å². The molecule has 0 aliphatic heterocycles. The number of hydrogen-bond acceptors (Lipinski definition) is 6. The van der Waals surface area contributed by atoms with E-state index in [0.29, 0.717) is 0 Å². The highest BCUT2D eigenvalue weighted by molar-refractivity contribution is 4.99. The van der Waals surface area contributed by atoms with Gasteiger partial charge >= 0.3 is 0 Å². The standard InChI is InChI=1S/C22H44O6/c1-15(19(25-11)27-21(3,4)5)17(23-9)13-14-18(24-10)16(2)20(26-12)28-22(6,7)8/h13-20H,1-12H3. The first-order valence-corrected chi connectivity index (χ1v) is 9.94. The molecule has 0 amide bonds. The van der Waals surface area contributed by atoms with Gasteiger partial charge in [-0.25, -0.2) is 0 Å². The lowest BCUT2D eigenvalue weighted by atomic mass is 9.98. The van der Waals surface area contributed by atoms with Gasteiger partial charge in [0.15, 0.2) is 12.6 Å². The molecule has 6 heteroatoms. The largest absolute Gasteiger partial charge is 0.377 e. The molecule has 6 atom stereocenters. The molecule has 0 saturated heterocycles. The van der Waals surface area contributed by atoms with E-state index in [1.165, 1.54) is 0 Å². The summed E-state index contributed by atoms with van der Waals surface area (Å²) in [5, 5.41) is 0. The average molecular weight is 405 g/mol. The van der Waals surface area contributed by atoms with Crippen molar-refractivity contribution in [2.75, 3.05) is 28.4 Å². The maximum absolute atomic E-state index is 6.02. The van der Waals surface area contributed by atoms with Crippen molar-refractivity contribution in [3.05, 3.63) is 12.2 Å². The second-order valence-electron chi connectivity index (χ2n) is 9.17. The van der Waals surface area contributed by atoms with Gasteiger partial charge in [-0.2, -0.15) is 0 Å². The summed E-state index contributed by atoms with van der Waals surface area (Å²) in [6, 6.07) is 0. The Morgan fingerprint density at radius 1 is 0.536 bits per heavy atom. The van der Waals surface area contributed by atoms with Gasteiger partial charge in [0.1, 0.15) is 0 Å². The van der Waals surface area contributed by atoms with Crippen molar-refractivity contribution in [1.82, 2.24) is 0 Å².